The number of benzene rings is 2. The number of carboxylic acids is 2. The topological polar surface area (TPSA) is 122 Å². The van der Waals surface area contributed by atoms with Gasteiger partial charge in [-0.05, 0) is 24.3 Å². The van der Waals surface area contributed by atoms with Gasteiger partial charge in [-0.25, -0.2) is 0 Å². The second-order valence-corrected chi connectivity index (χ2v) is 4.24. The monoisotopic (exact) mass is 324 g/mol. The third-order valence-corrected chi connectivity index (χ3v) is 2.36. The van der Waals surface area contributed by atoms with Gasteiger partial charge in [-0.1, -0.05) is 36.4 Å². The number of nitrogens with zero attached hydrogens (tertiary/aromatic N) is 2. The Kier molecular flexibility index (Phi) is 11.1. The molecule has 0 saturated carbocycles. The number of nitriles is 2. The average molecular weight is 324 g/mol. The molecule has 0 atom stereocenters. The van der Waals surface area contributed by atoms with Gasteiger partial charge in [0.15, 0.2) is 0 Å². The lowest BCUT2D eigenvalue weighted by Gasteiger charge is -1.85. The Morgan fingerprint density at radius 3 is 1.17 bits per heavy atom. The van der Waals surface area contributed by atoms with E-state index in [1.54, 1.807) is 24.3 Å². The van der Waals surface area contributed by atoms with E-state index in [0.717, 1.165) is 0 Å². The molecular formula is C18H16N2O4. The molecule has 0 aliphatic rings. The van der Waals surface area contributed by atoms with Crippen LogP contribution in [-0.2, 0) is 9.59 Å². The molecule has 6 nitrogen and oxygen atoms in total. The fourth-order valence-electron chi connectivity index (χ4n) is 1.24. The van der Waals surface area contributed by atoms with E-state index in [0.29, 0.717) is 11.1 Å². The molecule has 0 saturated heterocycles. The SMILES string of the molecule is N#Cc1ccccc1.N#Cc1ccccc1.O=C(O)CCC(=O)O. The summed E-state index contributed by atoms with van der Waals surface area (Å²) in [5.41, 5.74) is 1.43. The summed E-state index contributed by atoms with van der Waals surface area (Å²) >= 11 is 0. The lowest BCUT2D eigenvalue weighted by atomic mass is 10.2. The molecule has 0 amide bonds. The van der Waals surface area contributed by atoms with Gasteiger partial charge in [0.2, 0.25) is 0 Å². The molecule has 24 heavy (non-hydrogen) atoms. The normalized spacial score (nSPS) is 8.08. The lowest BCUT2D eigenvalue weighted by Crippen LogP contribution is -2.00. The van der Waals surface area contributed by atoms with Crippen molar-refractivity contribution in [2.45, 2.75) is 12.8 Å². The molecule has 0 heterocycles. The number of carboxylic acid groups (broad SMARTS) is 2. The molecule has 6 heteroatoms. The van der Waals surface area contributed by atoms with E-state index in [4.69, 9.17) is 20.7 Å². The number of hydrogen-bond acceptors (Lipinski definition) is 4. The zero-order valence-corrected chi connectivity index (χ0v) is 12.8. The second kappa shape index (κ2) is 13.1. The van der Waals surface area contributed by atoms with E-state index in [-0.39, 0.29) is 12.8 Å². The van der Waals surface area contributed by atoms with Crippen LogP contribution in [0.25, 0.3) is 0 Å². The highest BCUT2D eigenvalue weighted by atomic mass is 16.4. The number of aliphatic carboxylic acids is 2. The zero-order chi connectivity index (χ0) is 18.2. The van der Waals surface area contributed by atoms with Gasteiger partial charge >= 0.3 is 11.9 Å². The molecule has 2 N–H and O–H groups in total. The second-order valence-electron chi connectivity index (χ2n) is 4.24. The fourth-order valence-corrected chi connectivity index (χ4v) is 1.24. The van der Waals surface area contributed by atoms with Gasteiger partial charge in [0.25, 0.3) is 0 Å². The van der Waals surface area contributed by atoms with Crippen molar-refractivity contribution in [2.24, 2.45) is 0 Å². The van der Waals surface area contributed by atoms with Crippen LogP contribution in [0.2, 0.25) is 0 Å². The standard InChI is InChI=1S/2C7H5N.C4H6O4/c2*8-6-7-4-2-1-3-5-7;5-3(6)1-2-4(7)8/h2*1-5H;1-2H2,(H,5,6)(H,7,8). The van der Waals surface area contributed by atoms with Crippen LogP contribution in [0.5, 0.6) is 0 Å². The molecule has 0 fully saturated rings. The first-order valence-electron chi connectivity index (χ1n) is 6.83. The molecule has 0 radical (unpaired) electrons. The minimum Gasteiger partial charge on any atom is -0.481 e. The molecule has 0 bridgehead atoms. The quantitative estimate of drug-likeness (QED) is 0.894. The van der Waals surface area contributed by atoms with Crippen molar-refractivity contribution in [3.63, 3.8) is 0 Å². The molecule has 0 spiro atoms. The summed E-state index contributed by atoms with van der Waals surface area (Å²) < 4.78 is 0. The van der Waals surface area contributed by atoms with Crippen molar-refractivity contribution in [1.82, 2.24) is 0 Å². The summed E-state index contributed by atoms with van der Waals surface area (Å²) in [6.07, 6.45) is -0.593. The van der Waals surface area contributed by atoms with Gasteiger partial charge in [0.05, 0.1) is 36.1 Å². The average Bonchev–Trinajstić information content (AvgIpc) is 2.62. The summed E-state index contributed by atoms with van der Waals surface area (Å²) in [6, 6.07) is 22.3. The third-order valence-electron chi connectivity index (χ3n) is 2.36. The number of rotatable bonds is 3. The maximum Gasteiger partial charge on any atom is 0.303 e. The predicted octanol–water partition coefficient (Wildman–Crippen LogP) is 3.05. The smallest absolute Gasteiger partial charge is 0.303 e. The summed E-state index contributed by atoms with van der Waals surface area (Å²) in [5.74, 6) is -2.15. The number of hydrogen-bond donors (Lipinski definition) is 2. The van der Waals surface area contributed by atoms with Crippen LogP contribution < -0.4 is 0 Å². The molecule has 0 aromatic heterocycles. The van der Waals surface area contributed by atoms with Crippen molar-refractivity contribution < 1.29 is 19.8 Å². The minimum atomic E-state index is -1.08. The van der Waals surface area contributed by atoms with Crippen molar-refractivity contribution in [2.75, 3.05) is 0 Å². The zero-order valence-electron chi connectivity index (χ0n) is 12.8. The van der Waals surface area contributed by atoms with E-state index >= 15 is 0 Å². The molecule has 0 aliphatic heterocycles. The van der Waals surface area contributed by atoms with Gasteiger partial charge < -0.3 is 10.2 Å². The highest BCUT2D eigenvalue weighted by molar-refractivity contribution is 5.75. The van der Waals surface area contributed by atoms with E-state index in [1.165, 1.54) is 0 Å². The Hall–Kier alpha value is -3.64. The molecule has 2 aromatic carbocycles. The first kappa shape index (κ1) is 20.4. The molecule has 122 valence electrons. The van der Waals surface area contributed by atoms with Crippen LogP contribution in [0.15, 0.2) is 60.7 Å². The van der Waals surface area contributed by atoms with Crippen LogP contribution in [-0.4, -0.2) is 22.2 Å². The lowest BCUT2D eigenvalue weighted by molar-refractivity contribution is -0.143. The summed E-state index contributed by atoms with van der Waals surface area (Å²) in [5, 5.41) is 32.4. The Balaban J connectivity index is 0.000000331. The van der Waals surface area contributed by atoms with Crippen molar-refractivity contribution >= 4 is 11.9 Å². The maximum atomic E-state index is 9.64. The van der Waals surface area contributed by atoms with Gasteiger partial charge in [0.1, 0.15) is 0 Å². The first-order chi connectivity index (χ1) is 11.5. The van der Waals surface area contributed by atoms with E-state index in [9.17, 15) is 9.59 Å². The van der Waals surface area contributed by atoms with Gasteiger partial charge in [-0.2, -0.15) is 10.5 Å². The molecule has 0 unspecified atom stereocenters. The van der Waals surface area contributed by atoms with E-state index < -0.39 is 11.9 Å². The minimum absolute atomic E-state index is 0.296. The molecular weight excluding hydrogens is 308 g/mol. The maximum absolute atomic E-state index is 9.64. The van der Waals surface area contributed by atoms with Crippen molar-refractivity contribution in [1.29, 1.82) is 10.5 Å². The highest BCUT2D eigenvalue weighted by Crippen LogP contribution is 1.93. The van der Waals surface area contributed by atoms with Gasteiger partial charge in [-0.3, -0.25) is 9.59 Å². The van der Waals surface area contributed by atoms with E-state index in [1.807, 2.05) is 48.5 Å². The van der Waals surface area contributed by atoms with Crippen LogP contribution in [0.1, 0.15) is 24.0 Å². The third kappa shape index (κ3) is 12.1. The Bertz CT molecular complexity index is 638. The van der Waals surface area contributed by atoms with Crippen LogP contribution in [0.4, 0.5) is 0 Å². The van der Waals surface area contributed by atoms with Crippen LogP contribution in [0, 0.1) is 22.7 Å². The Morgan fingerprint density at radius 1 is 0.708 bits per heavy atom. The van der Waals surface area contributed by atoms with Crippen LogP contribution in [0.3, 0.4) is 0 Å². The molecule has 0 aliphatic carbocycles. The Labute approximate surface area is 139 Å². The molecule has 2 rings (SSSR count). The summed E-state index contributed by atoms with van der Waals surface area (Å²) in [6.45, 7) is 0. The van der Waals surface area contributed by atoms with Gasteiger partial charge in [0, 0.05) is 0 Å². The molecule has 2 aromatic rings. The Morgan fingerprint density at radius 2 is 1.00 bits per heavy atom. The summed E-state index contributed by atoms with van der Waals surface area (Å²) in [4.78, 5) is 19.3. The predicted molar refractivity (Wildman–Crippen MR) is 86.8 cm³/mol. The highest BCUT2D eigenvalue weighted by Gasteiger charge is 2.00. The van der Waals surface area contributed by atoms with Crippen molar-refractivity contribution in [3.8, 4) is 12.1 Å². The van der Waals surface area contributed by atoms with Gasteiger partial charge in [-0.15, -0.1) is 0 Å². The summed E-state index contributed by atoms with van der Waals surface area (Å²) in [7, 11) is 0. The van der Waals surface area contributed by atoms with Crippen LogP contribution >= 0.6 is 0 Å². The fraction of sp³-hybridized carbons (Fsp3) is 0.111. The van der Waals surface area contributed by atoms with E-state index in [2.05, 4.69) is 0 Å². The number of carbonyl (C=O) groups is 2. The first-order valence-corrected chi connectivity index (χ1v) is 6.83. The van der Waals surface area contributed by atoms with Crippen molar-refractivity contribution in [3.05, 3.63) is 71.8 Å². The largest absolute Gasteiger partial charge is 0.481 e.